The van der Waals surface area contributed by atoms with Crippen LogP contribution in [-0.2, 0) is 20.7 Å². The molecule has 0 spiro atoms. The van der Waals surface area contributed by atoms with Crippen LogP contribution in [0.3, 0.4) is 0 Å². The van der Waals surface area contributed by atoms with Crippen molar-refractivity contribution in [3.63, 3.8) is 0 Å². The molecule has 44 heavy (non-hydrogen) atoms. The number of phenols is 2. The van der Waals surface area contributed by atoms with E-state index in [0.29, 0.717) is 23.2 Å². The van der Waals surface area contributed by atoms with Gasteiger partial charge in [0, 0.05) is 17.6 Å². The Hall–Kier alpha value is -4.53. The lowest BCUT2D eigenvalue weighted by Gasteiger charge is -2.44. The van der Waals surface area contributed by atoms with Crippen LogP contribution in [0.5, 0.6) is 11.5 Å². The number of carbonyl (C=O) groups is 3. The van der Waals surface area contributed by atoms with E-state index >= 15 is 0 Å². The van der Waals surface area contributed by atoms with Crippen molar-refractivity contribution in [3.05, 3.63) is 89.0 Å². The van der Waals surface area contributed by atoms with Crippen LogP contribution in [0.2, 0.25) is 0 Å². The summed E-state index contributed by atoms with van der Waals surface area (Å²) in [6.07, 6.45) is -0.235. The second kappa shape index (κ2) is 13.8. The fourth-order valence-electron chi connectivity index (χ4n) is 4.95. The van der Waals surface area contributed by atoms with Crippen LogP contribution in [0, 0.1) is 13.8 Å². The van der Waals surface area contributed by atoms with Gasteiger partial charge in [0.05, 0.1) is 0 Å². The third-order valence-electron chi connectivity index (χ3n) is 7.54. The van der Waals surface area contributed by atoms with Gasteiger partial charge in [-0.3, -0.25) is 9.59 Å². The predicted octanol–water partition coefficient (Wildman–Crippen LogP) is 6.55. The summed E-state index contributed by atoms with van der Waals surface area (Å²) in [5, 5.41) is 26.0. The number of aryl methyl sites for hydroxylation is 2. The Bertz CT molecular complexity index is 1460. The van der Waals surface area contributed by atoms with Crippen molar-refractivity contribution in [2.75, 3.05) is 5.32 Å². The number of amides is 3. The van der Waals surface area contributed by atoms with E-state index in [1.165, 1.54) is 29.2 Å². The molecule has 0 saturated carbocycles. The van der Waals surface area contributed by atoms with Gasteiger partial charge in [0.15, 0.2) is 0 Å². The molecule has 0 aliphatic heterocycles. The van der Waals surface area contributed by atoms with Crippen LogP contribution < -0.4 is 10.6 Å². The number of para-hydroxylation sites is 1. The summed E-state index contributed by atoms with van der Waals surface area (Å²) in [7, 11) is 0. The van der Waals surface area contributed by atoms with Crippen LogP contribution in [0.25, 0.3) is 0 Å². The number of carbonyl (C=O) groups excluding carboxylic acids is 3. The minimum atomic E-state index is -1.17. The molecule has 9 nitrogen and oxygen atoms in total. The van der Waals surface area contributed by atoms with E-state index in [4.69, 9.17) is 4.74 Å². The highest BCUT2D eigenvalue weighted by molar-refractivity contribution is 6.00. The first kappa shape index (κ1) is 34.0. The van der Waals surface area contributed by atoms with Gasteiger partial charge in [-0.1, -0.05) is 49.4 Å². The number of anilines is 1. The Morgan fingerprint density at radius 3 is 2.00 bits per heavy atom. The molecular formula is C35H45N3O6. The van der Waals surface area contributed by atoms with Crippen molar-refractivity contribution >= 4 is 23.6 Å². The summed E-state index contributed by atoms with van der Waals surface area (Å²) < 4.78 is 5.51. The standard InChI is InChI=1S/C35H45N3O6/c1-9-35(7,8)38(32(42)28(36-33(43)44-34(4,5)6)20-24-16-18-26(39)19-17-24)30(25-14-11-15-27(40)21-25)31(41)37-29-22(2)12-10-13-23(29)3/h10-19,21,28,30,39-40H,9,20H2,1-8H3,(H,36,43)(H,37,41). The van der Waals surface area contributed by atoms with Gasteiger partial charge in [0.2, 0.25) is 5.91 Å². The Kier molecular flexibility index (Phi) is 10.7. The minimum Gasteiger partial charge on any atom is -0.508 e. The average Bonchev–Trinajstić information content (AvgIpc) is 2.93. The predicted molar refractivity (Wildman–Crippen MR) is 172 cm³/mol. The summed E-state index contributed by atoms with van der Waals surface area (Å²) in [4.78, 5) is 43.6. The van der Waals surface area contributed by atoms with Crippen molar-refractivity contribution < 1.29 is 29.3 Å². The van der Waals surface area contributed by atoms with Crippen LogP contribution >= 0.6 is 0 Å². The van der Waals surface area contributed by atoms with E-state index in [1.54, 1.807) is 45.0 Å². The molecule has 3 aromatic carbocycles. The summed E-state index contributed by atoms with van der Waals surface area (Å²) in [5.41, 5.74) is 1.75. The van der Waals surface area contributed by atoms with Crippen molar-refractivity contribution in [2.45, 2.75) is 91.5 Å². The van der Waals surface area contributed by atoms with E-state index < -0.39 is 41.1 Å². The smallest absolute Gasteiger partial charge is 0.408 e. The normalized spacial score (nSPS) is 13.0. The average molecular weight is 604 g/mol. The SMILES string of the molecule is CCC(C)(C)N(C(=O)C(Cc1ccc(O)cc1)NC(=O)OC(C)(C)C)C(C(=O)Nc1c(C)cccc1C)c1cccc(O)c1. The second-order valence-corrected chi connectivity index (χ2v) is 12.7. The maximum absolute atomic E-state index is 14.8. The van der Waals surface area contributed by atoms with Gasteiger partial charge in [-0.2, -0.15) is 0 Å². The molecule has 0 radical (unpaired) electrons. The minimum absolute atomic E-state index is 0.0541. The van der Waals surface area contributed by atoms with Gasteiger partial charge < -0.3 is 30.5 Å². The molecule has 236 valence electrons. The highest BCUT2D eigenvalue weighted by atomic mass is 16.6. The van der Waals surface area contributed by atoms with E-state index in [1.807, 2.05) is 52.8 Å². The fourth-order valence-corrected chi connectivity index (χ4v) is 4.95. The largest absolute Gasteiger partial charge is 0.508 e. The van der Waals surface area contributed by atoms with Crippen molar-refractivity contribution in [1.82, 2.24) is 10.2 Å². The molecule has 3 rings (SSSR count). The third-order valence-corrected chi connectivity index (χ3v) is 7.54. The van der Waals surface area contributed by atoms with Crippen molar-refractivity contribution in [1.29, 1.82) is 0 Å². The van der Waals surface area contributed by atoms with E-state index in [2.05, 4.69) is 10.6 Å². The Morgan fingerprint density at radius 1 is 0.864 bits per heavy atom. The number of hydrogen-bond donors (Lipinski definition) is 4. The molecule has 0 saturated heterocycles. The molecule has 3 aromatic rings. The first-order valence-corrected chi connectivity index (χ1v) is 14.8. The molecule has 0 heterocycles. The molecule has 0 aromatic heterocycles. The number of ether oxygens (including phenoxy) is 1. The number of nitrogens with zero attached hydrogens (tertiary/aromatic N) is 1. The first-order valence-electron chi connectivity index (χ1n) is 14.8. The zero-order chi connectivity index (χ0) is 32.8. The van der Waals surface area contributed by atoms with Crippen molar-refractivity contribution in [2.24, 2.45) is 0 Å². The van der Waals surface area contributed by atoms with Gasteiger partial charge in [0.1, 0.15) is 29.2 Å². The van der Waals surface area contributed by atoms with Gasteiger partial charge in [-0.05, 0) is 101 Å². The Balaban J connectivity index is 2.17. The Labute approximate surface area is 260 Å². The molecule has 4 N–H and O–H groups in total. The number of aromatic hydroxyl groups is 2. The quantitative estimate of drug-likeness (QED) is 0.208. The van der Waals surface area contributed by atoms with Crippen molar-refractivity contribution in [3.8, 4) is 11.5 Å². The van der Waals surface area contributed by atoms with Crippen LogP contribution in [0.4, 0.5) is 10.5 Å². The van der Waals surface area contributed by atoms with Gasteiger partial charge >= 0.3 is 6.09 Å². The molecule has 0 fully saturated rings. The highest BCUT2D eigenvalue weighted by Crippen LogP contribution is 2.35. The summed E-state index contributed by atoms with van der Waals surface area (Å²) in [6.45, 7) is 14.6. The molecule has 0 bridgehead atoms. The monoisotopic (exact) mass is 603 g/mol. The topological polar surface area (TPSA) is 128 Å². The maximum atomic E-state index is 14.8. The second-order valence-electron chi connectivity index (χ2n) is 12.7. The number of hydrogen-bond acceptors (Lipinski definition) is 6. The van der Waals surface area contributed by atoms with E-state index in [-0.39, 0.29) is 17.9 Å². The molecule has 0 aliphatic carbocycles. The molecule has 2 atom stereocenters. The molecular weight excluding hydrogens is 558 g/mol. The molecule has 3 amide bonds. The first-order chi connectivity index (χ1) is 20.5. The highest BCUT2D eigenvalue weighted by Gasteiger charge is 2.43. The summed E-state index contributed by atoms with van der Waals surface area (Å²) in [6, 6.07) is 16.0. The van der Waals surface area contributed by atoms with Crippen LogP contribution in [-0.4, -0.2) is 50.2 Å². The lowest BCUT2D eigenvalue weighted by molar-refractivity contribution is -0.147. The van der Waals surface area contributed by atoms with Crippen LogP contribution in [0.1, 0.15) is 76.3 Å². The molecule has 9 heteroatoms. The number of nitrogens with one attached hydrogen (secondary N) is 2. The third kappa shape index (κ3) is 8.75. The zero-order valence-corrected chi connectivity index (χ0v) is 26.9. The number of benzene rings is 3. The lowest BCUT2D eigenvalue weighted by Crippen LogP contribution is -2.59. The zero-order valence-electron chi connectivity index (χ0n) is 26.9. The number of rotatable bonds is 10. The fraction of sp³-hybridized carbons (Fsp3) is 0.400. The van der Waals surface area contributed by atoms with E-state index in [9.17, 15) is 24.6 Å². The number of alkyl carbamates (subject to hydrolysis) is 1. The van der Waals surface area contributed by atoms with E-state index in [0.717, 1.165) is 11.1 Å². The van der Waals surface area contributed by atoms with Gasteiger partial charge in [-0.15, -0.1) is 0 Å². The molecule has 0 aliphatic rings. The van der Waals surface area contributed by atoms with Crippen LogP contribution in [0.15, 0.2) is 66.7 Å². The van der Waals surface area contributed by atoms with Gasteiger partial charge in [-0.25, -0.2) is 4.79 Å². The Morgan fingerprint density at radius 2 is 1.45 bits per heavy atom. The maximum Gasteiger partial charge on any atom is 0.408 e. The lowest BCUT2D eigenvalue weighted by atomic mass is 9.91. The molecule has 2 unspecified atom stereocenters. The summed E-state index contributed by atoms with van der Waals surface area (Å²) in [5.74, 6) is -0.969. The number of phenolic OH excluding ortho intramolecular Hbond substituents is 2. The summed E-state index contributed by atoms with van der Waals surface area (Å²) >= 11 is 0. The van der Waals surface area contributed by atoms with Gasteiger partial charge in [0.25, 0.3) is 5.91 Å².